The summed E-state index contributed by atoms with van der Waals surface area (Å²) in [4.78, 5) is 23.1. The van der Waals surface area contributed by atoms with E-state index in [4.69, 9.17) is 23.2 Å². The Balaban J connectivity index is 1.69. The fourth-order valence-electron chi connectivity index (χ4n) is 2.57. The summed E-state index contributed by atoms with van der Waals surface area (Å²) < 4.78 is 0. The van der Waals surface area contributed by atoms with Crippen molar-refractivity contribution < 1.29 is 4.79 Å². The Morgan fingerprint density at radius 2 is 1.81 bits per heavy atom. The Hall–Kier alpha value is -1.82. The molecule has 4 nitrogen and oxygen atoms in total. The van der Waals surface area contributed by atoms with Crippen molar-refractivity contribution in [3.63, 3.8) is 0 Å². The van der Waals surface area contributed by atoms with Gasteiger partial charge in [0.05, 0.1) is 11.3 Å². The normalized spacial score (nSPS) is 10.9. The quantitative estimate of drug-likeness (QED) is 0.442. The van der Waals surface area contributed by atoms with E-state index < -0.39 is 0 Å². The van der Waals surface area contributed by atoms with Crippen LogP contribution >= 0.6 is 35.0 Å². The van der Waals surface area contributed by atoms with Crippen LogP contribution in [0.5, 0.6) is 0 Å². The molecule has 0 atom stereocenters. The Bertz CT molecular complexity index is 944. The minimum Gasteiger partial charge on any atom is -0.341 e. The lowest BCUT2D eigenvalue weighted by molar-refractivity contribution is -0.127. The molecule has 0 aliphatic carbocycles. The molecule has 2 aromatic carbocycles. The molecule has 0 radical (unpaired) electrons. The number of carbonyl (C=O) groups excluding carboxylic acids is 1. The van der Waals surface area contributed by atoms with E-state index in [-0.39, 0.29) is 5.91 Å². The summed E-state index contributed by atoms with van der Waals surface area (Å²) in [5.41, 5.74) is 1.78. The SMILES string of the molecule is Cc1nc(SCC(=O)N(C)Cc2cc(Cl)cc(Cl)c2)c2ccccc2n1. The second kappa shape index (κ2) is 8.25. The lowest BCUT2D eigenvalue weighted by Crippen LogP contribution is -2.27. The molecule has 1 amide bonds. The van der Waals surface area contributed by atoms with Crippen LogP contribution in [0.4, 0.5) is 0 Å². The number of benzene rings is 2. The highest BCUT2D eigenvalue weighted by Crippen LogP contribution is 2.26. The van der Waals surface area contributed by atoms with Gasteiger partial charge < -0.3 is 4.90 Å². The van der Waals surface area contributed by atoms with Gasteiger partial charge in [0.25, 0.3) is 0 Å². The fraction of sp³-hybridized carbons (Fsp3) is 0.211. The Morgan fingerprint density at radius 3 is 2.54 bits per heavy atom. The van der Waals surface area contributed by atoms with Crippen LogP contribution in [0.1, 0.15) is 11.4 Å². The molecule has 0 saturated heterocycles. The summed E-state index contributed by atoms with van der Waals surface area (Å²) in [6, 6.07) is 13.1. The van der Waals surface area contributed by atoms with Crippen LogP contribution in [0.2, 0.25) is 10.0 Å². The number of hydrogen-bond acceptors (Lipinski definition) is 4. The summed E-state index contributed by atoms with van der Waals surface area (Å²) in [6.07, 6.45) is 0. The van der Waals surface area contributed by atoms with Gasteiger partial charge in [-0.25, -0.2) is 9.97 Å². The minimum atomic E-state index is 0.00597. The maximum atomic E-state index is 12.5. The molecular weight excluding hydrogens is 389 g/mol. The second-order valence-electron chi connectivity index (χ2n) is 5.91. The number of rotatable bonds is 5. The molecule has 0 fully saturated rings. The molecule has 7 heteroatoms. The van der Waals surface area contributed by atoms with Crippen molar-refractivity contribution in [1.29, 1.82) is 0 Å². The average Bonchev–Trinajstić information content (AvgIpc) is 2.58. The zero-order valence-electron chi connectivity index (χ0n) is 14.4. The summed E-state index contributed by atoms with van der Waals surface area (Å²) in [5.74, 6) is 0.998. The van der Waals surface area contributed by atoms with Crippen LogP contribution in [-0.2, 0) is 11.3 Å². The first kappa shape index (κ1) is 19.0. The highest BCUT2D eigenvalue weighted by atomic mass is 35.5. The van der Waals surface area contributed by atoms with Crippen molar-refractivity contribution in [2.45, 2.75) is 18.5 Å². The standard InChI is InChI=1S/C19H17Cl2N3OS/c1-12-22-17-6-4-3-5-16(17)19(23-12)26-11-18(25)24(2)10-13-7-14(20)9-15(21)8-13/h3-9H,10-11H2,1-2H3. The van der Waals surface area contributed by atoms with Crippen LogP contribution < -0.4 is 0 Å². The number of para-hydroxylation sites is 1. The third-order valence-corrected chi connectivity index (χ3v) is 5.19. The molecule has 26 heavy (non-hydrogen) atoms. The molecular formula is C19H17Cl2N3OS. The van der Waals surface area contributed by atoms with Crippen LogP contribution in [0.3, 0.4) is 0 Å². The van der Waals surface area contributed by atoms with Gasteiger partial charge in [0, 0.05) is 29.0 Å². The molecule has 3 aromatic rings. The van der Waals surface area contributed by atoms with E-state index in [0.29, 0.717) is 28.2 Å². The number of nitrogens with zero attached hydrogens (tertiary/aromatic N) is 3. The third kappa shape index (κ3) is 4.67. The number of halogens is 2. The zero-order valence-corrected chi connectivity index (χ0v) is 16.7. The highest BCUT2D eigenvalue weighted by molar-refractivity contribution is 8.00. The van der Waals surface area contributed by atoms with Gasteiger partial charge >= 0.3 is 0 Å². The van der Waals surface area contributed by atoms with Crippen molar-refractivity contribution in [1.82, 2.24) is 14.9 Å². The summed E-state index contributed by atoms with van der Waals surface area (Å²) in [5, 5.41) is 2.90. The fourth-order valence-corrected chi connectivity index (χ4v) is 4.15. The topological polar surface area (TPSA) is 46.1 Å². The monoisotopic (exact) mass is 405 g/mol. The van der Waals surface area contributed by atoms with E-state index in [0.717, 1.165) is 21.5 Å². The average molecular weight is 406 g/mol. The number of amides is 1. The maximum absolute atomic E-state index is 12.5. The predicted octanol–water partition coefficient (Wildman–Crippen LogP) is 5.00. The minimum absolute atomic E-state index is 0.00597. The van der Waals surface area contributed by atoms with E-state index in [1.54, 1.807) is 18.0 Å². The number of thioether (sulfide) groups is 1. The maximum Gasteiger partial charge on any atom is 0.233 e. The van der Waals surface area contributed by atoms with Gasteiger partial charge in [-0.3, -0.25) is 4.79 Å². The molecule has 3 rings (SSSR count). The zero-order chi connectivity index (χ0) is 18.7. The van der Waals surface area contributed by atoms with Crippen molar-refractivity contribution in [2.75, 3.05) is 12.8 Å². The van der Waals surface area contributed by atoms with E-state index in [9.17, 15) is 4.79 Å². The van der Waals surface area contributed by atoms with Gasteiger partial charge in [-0.2, -0.15) is 0 Å². The molecule has 0 bridgehead atoms. The Morgan fingerprint density at radius 1 is 1.12 bits per heavy atom. The molecule has 0 aliphatic heterocycles. The van der Waals surface area contributed by atoms with Crippen LogP contribution in [0.15, 0.2) is 47.5 Å². The molecule has 0 unspecified atom stereocenters. The van der Waals surface area contributed by atoms with Gasteiger partial charge in [0.1, 0.15) is 10.9 Å². The first-order chi connectivity index (χ1) is 12.4. The Kier molecular flexibility index (Phi) is 6.01. The first-order valence-electron chi connectivity index (χ1n) is 7.97. The van der Waals surface area contributed by atoms with E-state index in [1.807, 2.05) is 43.3 Å². The van der Waals surface area contributed by atoms with Gasteiger partial charge in [0.2, 0.25) is 5.91 Å². The van der Waals surface area contributed by atoms with Crippen molar-refractivity contribution in [3.8, 4) is 0 Å². The Labute approximate surface area is 166 Å². The molecule has 0 N–H and O–H groups in total. The summed E-state index contributed by atoms with van der Waals surface area (Å²) in [7, 11) is 1.76. The first-order valence-corrected chi connectivity index (χ1v) is 9.71. The van der Waals surface area contributed by atoms with Crippen LogP contribution in [0.25, 0.3) is 10.9 Å². The number of carbonyl (C=O) groups is 1. The van der Waals surface area contributed by atoms with E-state index in [1.165, 1.54) is 11.8 Å². The van der Waals surface area contributed by atoms with Gasteiger partial charge in [-0.1, -0.05) is 53.2 Å². The number of hydrogen-bond donors (Lipinski definition) is 0. The van der Waals surface area contributed by atoms with Crippen molar-refractivity contribution >= 4 is 51.8 Å². The largest absolute Gasteiger partial charge is 0.341 e. The van der Waals surface area contributed by atoms with E-state index in [2.05, 4.69) is 9.97 Å². The molecule has 1 aromatic heterocycles. The lowest BCUT2D eigenvalue weighted by atomic mass is 10.2. The van der Waals surface area contributed by atoms with Crippen molar-refractivity contribution in [3.05, 3.63) is 63.9 Å². The second-order valence-corrected chi connectivity index (χ2v) is 7.75. The van der Waals surface area contributed by atoms with Crippen LogP contribution in [0, 0.1) is 6.92 Å². The molecule has 134 valence electrons. The smallest absolute Gasteiger partial charge is 0.233 e. The number of fused-ring (bicyclic) bond motifs is 1. The number of aryl methyl sites for hydroxylation is 1. The summed E-state index contributed by atoms with van der Waals surface area (Å²) >= 11 is 13.5. The molecule has 0 saturated carbocycles. The summed E-state index contributed by atoms with van der Waals surface area (Å²) in [6.45, 7) is 2.30. The van der Waals surface area contributed by atoms with Gasteiger partial charge in [-0.15, -0.1) is 0 Å². The number of aromatic nitrogens is 2. The van der Waals surface area contributed by atoms with Crippen LogP contribution in [-0.4, -0.2) is 33.6 Å². The third-order valence-electron chi connectivity index (χ3n) is 3.78. The molecule has 1 heterocycles. The predicted molar refractivity (Wildman–Crippen MR) is 108 cm³/mol. The molecule has 0 spiro atoms. The van der Waals surface area contributed by atoms with E-state index >= 15 is 0 Å². The van der Waals surface area contributed by atoms with Gasteiger partial charge in [-0.05, 0) is 36.8 Å². The molecule has 0 aliphatic rings. The van der Waals surface area contributed by atoms with Gasteiger partial charge in [0.15, 0.2) is 0 Å². The highest BCUT2D eigenvalue weighted by Gasteiger charge is 2.13. The van der Waals surface area contributed by atoms with Crippen molar-refractivity contribution in [2.24, 2.45) is 0 Å². The lowest BCUT2D eigenvalue weighted by Gasteiger charge is -2.17.